The summed E-state index contributed by atoms with van der Waals surface area (Å²) >= 11 is 0. The van der Waals surface area contributed by atoms with Crippen LogP contribution in [-0.2, 0) is 0 Å². The minimum absolute atomic E-state index is 0.445. The summed E-state index contributed by atoms with van der Waals surface area (Å²) < 4.78 is 0. The Morgan fingerprint density at radius 2 is 2.25 bits per heavy atom. The minimum atomic E-state index is -0.445. The van der Waals surface area contributed by atoms with Gasteiger partial charge in [-0.15, -0.1) is 0 Å². The number of nitrogens with zero attached hydrogens (tertiary/aromatic N) is 3. The molecular formula is C16H27N3O. The van der Waals surface area contributed by atoms with Crippen LogP contribution in [0.2, 0.25) is 0 Å². The lowest BCUT2D eigenvalue weighted by molar-refractivity contribution is 0.169. The van der Waals surface area contributed by atoms with Crippen LogP contribution in [0.3, 0.4) is 0 Å². The van der Waals surface area contributed by atoms with Crippen molar-refractivity contribution in [1.29, 1.82) is 0 Å². The normalized spacial score (nSPS) is 21.1. The van der Waals surface area contributed by atoms with Crippen molar-refractivity contribution in [2.45, 2.75) is 45.3 Å². The van der Waals surface area contributed by atoms with Crippen LogP contribution in [0.15, 0.2) is 18.3 Å². The van der Waals surface area contributed by atoms with E-state index in [0.29, 0.717) is 12.5 Å². The summed E-state index contributed by atoms with van der Waals surface area (Å²) in [5, 5.41) is 9.77. The molecule has 4 heteroatoms. The average molecular weight is 277 g/mol. The van der Waals surface area contributed by atoms with E-state index in [1.807, 2.05) is 19.2 Å². The largest absolute Gasteiger partial charge is 0.387 e. The van der Waals surface area contributed by atoms with Gasteiger partial charge < -0.3 is 10.0 Å². The van der Waals surface area contributed by atoms with Crippen LogP contribution >= 0.6 is 0 Å². The number of aromatic nitrogens is 1. The van der Waals surface area contributed by atoms with E-state index >= 15 is 0 Å². The van der Waals surface area contributed by atoms with Gasteiger partial charge in [-0.25, -0.2) is 0 Å². The van der Waals surface area contributed by atoms with Crippen LogP contribution in [0.5, 0.6) is 0 Å². The topological polar surface area (TPSA) is 39.6 Å². The summed E-state index contributed by atoms with van der Waals surface area (Å²) in [5.74, 6) is 0. The Morgan fingerprint density at radius 1 is 1.45 bits per heavy atom. The summed E-state index contributed by atoms with van der Waals surface area (Å²) in [7, 11) is 2.12. The second-order valence-corrected chi connectivity index (χ2v) is 5.67. The van der Waals surface area contributed by atoms with Crippen molar-refractivity contribution in [2.75, 3.05) is 31.6 Å². The lowest BCUT2D eigenvalue weighted by Gasteiger charge is -2.29. The number of hydrogen-bond donors (Lipinski definition) is 1. The first-order valence-corrected chi connectivity index (χ1v) is 7.74. The molecule has 0 amide bonds. The van der Waals surface area contributed by atoms with E-state index in [4.69, 9.17) is 0 Å². The highest BCUT2D eigenvalue weighted by atomic mass is 16.3. The number of pyridine rings is 1. The lowest BCUT2D eigenvalue weighted by Crippen LogP contribution is -2.38. The first-order chi connectivity index (χ1) is 9.65. The third kappa shape index (κ3) is 3.49. The Balaban J connectivity index is 1.97. The van der Waals surface area contributed by atoms with Gasteiger partial charge in [0.05, 0.1) is 23.7 Å². The van der Waals surface area contributed by atoms with Crippen LogP contribution in [0.1, 0.15) is 44.9 Å². The number of anilines is 1. The Bertz CT molecular complexity index is 407. The van der Waals surface area contributed by atoms with Crippen molar-refractivity contribution in [3.8, 4) is 0 Å². The predicted molar refractivity (Wildman–Crippen MR) is 83.0 cm³/mol. The molecule has 0 aliphatic carbocycles. The average Bonchev–Trinajstić information content (AvgIpc) is 2.93. The Labute approximate surface area is 122 Å². The SMILES string of the molecule is CCC(O)c1ccc(N(C)CC2CCCN2CC)cn1. The van der Waals surface area contributed by atoms with E-state index < -0.39 is 6.10 Å². The molecule has 0 radical (unpaired) electrons. The number of rotatable bonds is 6. The van der Waals surface area contributed by atoms with Gasteiger partial charge in [0.2, 0.25) is 0 Å². The highest BCUT2D eigenvalue weighted by molar-refractivity contribution is 5.44. The molecule has 112 valence electrons. The molecule has 1 aromatic rings. The molecule has 0 bridgehead atoms. The molecule has 1 aliphatic rings. The Kier molecular flexibility index (Phi) is 5.38. The highest BCUT2D eigenvalue weighted by Crippen LogP contribution is 2.21. The van der Waals surface area contributed by atoms with Crippen LogP contribution in [0.4, 0.5) is 5.69 Å². The Hall–Kier alpha value is -1.13. The van der Waals surface area contributed by atoms with Crippen molar-refractivity contribution in [2.24, 2.45) is 0 Å². The highest BCUT2D eigenvalue weighted by Gasteiger charge is 2.24. The monoisotopic (exact) mass is 277 g/mol. The number of aliphatic hydroxyl groups excluding tert-OH is 1. The maximum absolute atomic E-state index is 9.77. The van der Waals surface area contributed by atoms with Gasteiger partial charge in [-0.2, -0.15) is 0 Å². The lowest BCUT2D eigenvalue weighted by atomic mass is 10.1. The maximum atomic E-state index is 9.77. The first-order valence-electron chi connectivity index (χ1n) is 7.74. The number of likely N-dealkylation sites (tertiary alicyclic amines) is 1. The van der Waals surface area contributed by atoms with Crippen molar-refractivity contribution in [1.82, 2.24) is 9.88 Å². The van der Waals surface area contributed by atoms with E-state index in [9.17, 15) is 5.11 Å². The fourth-order valence-electron chi connectivity index (χ4n) is 2.97. The molecule has 1 saturated heterocycles. The second kappa shape index (κ2) is 7.04. The van der Waals surface area contributed by atoms with Gasteiger partial charge >= 0.3 is 0 Å². The number of aliphatic hydroxyl groups is 1. The Morgan fingerprint density at radius 3 is 2.85 bits per heavy atom. The molecule has 1 fully saturated rings. The fourth-order valence-corrected chi connectivity index (χ4v) is 2.97. The quantitative estimate of drug-likeness (QED) is 0.867. The maximum Gasteiger partial charge on any atom is 0.0957 e. The molecular weight excluding hydrogens is 250 g/mol. The molecule has 4 nitrogen and oxygen atoms in total. The number of hydrogen-bond acceptors (Lipinski definition) is 4. The van der Waals surface area contributed by atoms with Gasteiger partial charge in [0.1, 0.15) is 0 Å². The zero-order chi connectivity index (χ0) is 14.5. The van der Waals surface area contributed by atoms with E-state index in [0.717, 1.165) is 24.5 Å². The van der Waals surface area contributed by atoms with Crippen molar-refractivity contribution in [3.63, 3.8) is 0 Å². The van der Waals surface area contributed by atoms with E-state index in [-0.39, 0.29) is 0 Å². The van der Waals surface area contributed by atoms with E-state index in [1.165, 1.54) is 19.4 Å². The molecule has 2 unspecified atom stereocenters. The summed E-state index contributed by atoms with van der Waals surface area (Å²) in [6.45, 7) is 7.62. The second-order valence-electron chi connectivity index (χ2n) is 5.67. The van der Waals surface area contributed by atoms with Gasteiger partial charge in [0.15, 0.2) is 0 Å². The van der Waals surface area contributed by atoms with Crippen LogP contribution in [0, 0.1) is 0 Å². The van der Waals surface area contributed by atoms with Gasteiger partial charge in [0.25, 0.3) is 0 Å². The zero-order valence-electron chi connectivity index (χ0n) is 12.9. The molecule has 2 heterocycles. The summed E-state index contributed by atoms with van der Waals surface area (Å²) in [5.41, 5.74) is 1.89. The van der Waals surface area contributed by atoms with Crippen molar-refractivity contribution in [3.05, 3.63) is 24.0 Å². The van der Waals surface area contributed by atoms with Crippen LogP contribution in [0.25, 0.3) is 0 Å². The molecule has 1 aliphatic heterocycles. The molecule has 0 saturated carbocycles. The fraction of sp³-hybridized carbons (Fsp3) is 0.688. The molecule has 20 heavy (non-hydrogen) atoms. The molecule has 0 spiro atoms. The van der Waals surface area contributed by atoms with Gasteiger partial charge in [-0.1, -0.05) is 13.8 Å². The standard InChI is InChI=1S/C16H27N3O/c1-4-16(20)15-9-8-13(11-17-15)18(3)12-14-7-6-10-19(14)5-2/h8-9,11,14,16,20H,4-7,10,12H2,1-3H3. The smallest absolute Gasteiger partial charge is 0.0957 e. The predicted octanol–water partition coefficient (Wildman–Crippen LogP) is 2.45. The first kappa shape index (κ1) is 15.3. The summed E-state index contributed by atoms with van der Waals surface area (Å²) in [6.07, 6.45) is 4.74. The third-order valence-corrected chi connectivity index (χ3v) is 4.33. The number of likely N-dealkylation sites (N-methyl/N-ethyl adjacent to an activating group) is 2. The molecule has 2 rings (SSSR count). The van der Waals surface area contributed by atoms with E-state index in [1.54, 1.807) is 0 Å². The van der Waals surface area contributed by atoms with Crippen LogP contribution in [-0.4, -0.2) is 47.7 Å². The minimum Gasteiger partial charge on any atom is -0.387 e. The van der Waals surface area contributed by atoms with Gasteiger partial charge in [0, 0.05) is 19.6 Å². The van der Waals surface area contributed by atoms with Gasteiger partial charge in [-0.05, 0) is 44.5 Å². The van der Waals surface area contributed by atoms with Crippen molar-refractivity contribution < 1.29 is 5.11 Å². The summed E-state index contributed by atoms with van der Waals surface area (Å²) in [6, 6.07) is 4.66. The van der Waals surface area contributed by atoms with Crippen molar-refractivity contribution >= 4 is 5.69 Å². The van der Waals surface area contributed by atoms with E-state index in [2.05, 4.69) is 34.8 Å². The molecule has 0 aromatic carbocycles. The zero-order valence-corrected chi connectivity index (χ0v) is 12.9. The van der Waals surface area contributed by atoms with Crippen LogP contribution < -0.4 is 4.90 Å². The third-order valence-electron chi connectivity index (χ3n) is 4.33. The molecule has 1 N–H and O–H groups in total. The molecule has 1 aromatic heterocycles. The van der Waals surface area contributed by atoms with Gasteiger partial charge in [-0.3, -0.25) is 9.88 Å². The summed E-state index contributed by atoms with van der Waals surface area (Å²) in [4.78, 5) is 9.21. The molecule has 2 atom stereocenters.